The number of nitrogens with one attached hydrogen (secondary N) is 1. The summed E-state index contributed by atoms with van der Waals surface area (Å²) in [6.45, 7) is 3.82. The first-order valence-corrected chi connectivity index (χ1v) is 10.2. The van der Waals surface area contributed by atoms with E-state index < -0.39 is 10.0 Å². The van der Waals surface area contributed by atoms with Crippen molar-refractivity contribution < 1.29 is 13.2 Å². The van der Waals surface area contributed by atoms with Crippen molar-refractivity contribution in [3.63, 3.8) is 0 Å². The lowest BCUT2D eigenvalue weighted by molar-refractivity contribution is -0.132. The van der Waals surface area contributed by atoms with Gasteiger partial charge in [-0.25, -0.2) is 13.1 Å². The average molecular weight is 360 g/mol. The number of sulfonamides is 1. The molecule has 1 unspecified atom stereocenters. The molecular formula is C19H24N2O3S. The fourth-order valence-corrected chi connectivity index (χ4v) is 4.35. The molecule has 1 saturated heterocycles. The zero-order valence-electron chi connectivity index (χ0n) is 14.4. The van der Waals surface area contributed by atoms with Crippen LogP contribution in [0.5, 0.6) is 0 Å². The second kappa shape index (κ2) is 7.54. The maximum absolute atomic E-state index is 12.4. The van der Waals surface area contributed by atoms with Crippen LogP contribution in [0.3, 0.4) is 0 Å². The van der Waals surface area contributed by atoms with Gasteiger partial charge in [0.25, 0.3) is 0 Å². The van der Waals surface area contributed by atoms with E-state index in [2.05, 4.69) is 11.6 Å². The van der Waals surface area contributed by atoms with E-state index in [1.807, 2.05) is 29.2 Å². The highest BCUT2D eigenvalue weighted by atomic mass is 32.2. The van der Waals surface area contributed by atoms with Crippen LogP contribution in [-0.2, 0) is 14.8 Å². The lowest BCUT2D eigenvalue weighted by Gasteiger charge is -2.31. The SMILES string of the molecule is CC1CCCN(C(=O)CCNS(=O)(=O)c2ccc3ccccc3c2)C1. The van der Waals surface area contributed by atoms with Gasteiger partial charge in [-0.1, -0.05) is 37.3 Å². The third-order valence-corrected chi connectivity index (χ3v) is 6.13. The Morgan fingerprint density at radius 3 is 2.72 bits per heavy atom. The second-order valence-corrected chi connectivity index (χ2v) is 8.51. The van der Waals surface area contributed by atoms with Crippen molar-refractivity contribution in [3.05, 3.63) is 42.5 Å². The van der Waals surface area contributed by atoms with Gasteiger partial charge in [-0.05, 0) is 41.7 Å². The first-order chi connectivity index (χ1) is 12.0. The molecule has 2 aromatic rings. The van der Waals surface area contributed by atoms with Crippen molar-refractivity contribution in [2.24, 2.45) is 5.92 Å². The standard InChI is InChI=1S/C19H24N2O3S/c1-15-5-4-12-21(14-15)19(22)10-11-20-25(23,24)18-9-8-16-6-2-3-7-17(16)13-18/h2-3,6-9,13,15,20H,4-5,10-12,14H2,1H3. The van der Waals surface area contributed by atoms with Gasteiger partial charge in [-0.3, -0.25) is 4.79 Å². The number of hydrogen-bond donors (Lipinski definition) is 1. The lowest BCUT2D eigenvalue weighted by atomic mass is 10.0. The Balaban J connectivity index is 1.60. The molecule has 0 bridgehead atoms. The predicted octanol–water partition coefficient (Wildman–Crippen LogP) is 2.77. The zero-order valence-corrected chi connectivity index (χ0v) is 15.3. The summed E-state index contributed by atoms with van der Waals surface area (Å²) in [6, 6.07) is 12.7. The van der Waals surface area contributed by atoms with Crippen LogP contribution < -0.4 is 4.72 Å². The molecule has 1 amide bonds. The number of rotatable bonds is 5. The van der Waals surface area contributed by atoms with Crippen molar-refractivity contribution in [3.8, 4) is 0 Å². The highest BCUT2D eigenvalue weighted by Crippen LogP contribution is 2.19. The van der Waals surface area contributed by atoms with Crippen LogP contribution in [0, 0.1) is 5.92 Å². The van der Waals surface area contributed by atoms with Crippen LogP contribution in [0.15, 0.2) is 47.4 Å². The molecule has 1 N–H and O–H groups in total. The van der Waals surface area contributed by atoms with Crippen molar-refractivity contribution in [2.75, 3.05) is 19.6 Å². The Hall–Kier alpha value is -1.92. The molecule has 1 heterocycles. The summed E-state index contributed by atoms with van der Waals surface area (Å²) in [5.74, 6) is 0.541. The number of fused-ring (bicyclic) bond motifs is 1. The molecule has 1 atom stereocenters. The molecule has 0 aromatic heterocycles. The van der Waals surface area contributed by atoms with Crippen LogP contribution >= 0.6 is 0 Å². The molecule has 3 rings (SSSR count). The maximum Gasteiger partial charge on any atom is 0.240 e. The van der Waals surface area contributed by atoms with E-state index in [-0.39, 0.29) is 23.8 Å². The fourth-order valence-electron chi connectivity index (χ4n) is 3.28. The van der Waals surface area contributed by atoms with Crippen molar-refractivity contribution in [2.45, 2.75) is 31.1 Å². The van der Waals surface area contributed by atoms with E-state index in [0.29, 0.717) is 5.92 Å². The van der Waals surface area contributed by atoms with E-state index in [1.165, 1.54) is 0 Å². The minimum atomic E-state index is -3.61. The summed E-state index contributed by atoms with van der Waals surface area (Å²) >= 11 is 0. The number of piperidine rings is 1. The molecule has 0 spiro atoms. The van der Waals surface area contributed by atoms with Gasteiger partial charge in [-0.15, -0.1) is 0 Å². The molecule has 1 aliphatic rings. The molecule has 25 heavy (non-hydrogen) atoms. The highest BCUT2D eigenvalue weighted by molar-refractivity contribution is 7.89. The number of likely N-dealkylation sites (tertiary alicyclic amines) is 1. The number of amides is 1. The number of nitrogens with zero attached hydrogens (tertiary/aromatic N) is 1. The monoisotopic (exact) mass is 360 g/mol. The van der Waals surface area contributed by atoms with Crippen LogP contribution in [0.4, 0.5) is 0 Å². The smallest absolute Gasteiger partial charge is 0.240 e. The Bertz CT molecular complexity index is 864. The number of carbonyl (C=O) groups is 1. The Morgan fingerprint density at radius 2 is 1.96 bits per heavy atom. The summed E-state index contributed by atoms with van der Waals surface area (Å²) in [4.78, 5) is 14.3. The minimum Gasteiger partial charge on any atom is -0.342 e. The van der Waals surface area contributed by atoms with Gasteiger partial charge < -0.3 is 4.90 Å². The Kier molecular flexibility index (Phi) is 5.39. The molecule has 1 fully saturated rings. The zero-order chi connectivity index (χ0) is 17.9. The second-order valence-electron chi connectivity index (χ2n) is 6.74. The number of benzene rings is 2. The summed E-state index contributed by atoms with van der Waals surface area (Å²) < 4.78 is 27.4. The fraction of sp³-hybridized carbons (Fsp3) is 0.421. The minimum absolute atomic E-state index is 0.0211. The molecule has 0 radical (unpaired) electrons. The van der Waals surface area contributed by atoms with E-state index >= 15 is 0 Å². The summed E-state index contributed by atoms with van der Waals surface area (Å²) in [6.07, 6.45) is 2.37. The lowest BCUT2D eigenvalue weighted by Crippen LogP contribution is -2.40. The quantitative estimate of drug-likeness (QED) is 0.892. The third-order valence-electron chi connectivity index (χ3n) is 4.67. The summed E-state index contributed by atoms with van der Waals surface area (Å²) in [7, 11) is -3.61. The topological polar surface area (TPSA) is 66.5 Å². The maximum atomic E-state index is 12.4. The van der Waals surface area contributed by atoms with E-state index in [9.17, 15) is 13.2 Å². The summed E-state index contributed by atoms with van der Waals surface area (Å²) in [5, 5.41) is 1.87. The van der Waals surface area contributed by atoms with Gasteiger partial charge >= 0.3 is 0 Å². The van der Waals surface area contributed by atoms with E-state index in [1.54, 1.807) is 18.2 Å². The van der Waals surface area contributed by atoms with Gasteiger partial charge in [0.15, 0.2) is 0 Å². The van der Waals surface area contributed by atoms with Gasteiger partial charge in [0.2, 0.25) is 15.9 Å². The molecule has 0 saturated carbocycles. The molecule has 134 valence electrons. The van der Waals surface area contributed by atoms with Crippen molar-refractivity contribution >= 4 is 26.7 Å². The van der Waals surface area contributed by atoms with Crippen LogP contribution in [-0.4, -0.2) is 38.9 Å². The predicted molar refractivity (Wildman–Crippen MR) is 98.7 cm³/mol. The van der Waals surface area contributed by atoms with E-state index in [4.69, 9.17) is 0 Å². The first kappa shape index (κ1) is 17.9. The van der Waals surface area contributed by atoms with Crippen LogP contribution in [0.1, 0.15) is 26.2 Å². The Labute approximate surface area is 149 Å². The van der Waals surface area contributed by atoms with Gasteiger partial charge in [0.1, 0.15) is 0 Å². The largest absolute Gasteiger partial charge is 0.342 e. The molecule has 2 aromatic carbocycles. The van der Waals surface area contributed by atoms with Crippen LogP contribution in [0.25, 0.3) is 10.8 Å². The van der Waals surface area contributed by atoms with Gasteiger partial charge in [0, 0.05) is 26.1 Å². The molecule has 5 nitrogen and oxygen atoms in total. The van der Waals surface area contributed by atoms with E-state index in [0.717, 1.165) is 36.7 Å². The van der Waals surface area contributed by atoms with Gasteiger partial charge in [-0.2, -0.15) is 0 Å². The number of carbonyl (C=O) groups excluding carboxylic acids is 1. The first-order valence-electron chi connectivity index (χ1n) is 8.72. The third kappa shape index (κ3) is 4.38. The normalized spacial score (nSPS) is 18.4. The summed E-state index contributed by atoms with van der Waals surface area (Å²) in [5.41, 5.74) is 0. The highest BCUT2D eigenvalue weighted by Gasteiger charge is 2.21. The Morgan fingerprint density at radius 1 is 1.20 bits per heavy atom. The van der Waals surface area contributed by atoms with Gasteiger partial charge in [0.05, 0.1) is 4.90 Å². The van der Waals surface area contributed by atoms with Crippen molar-refractivity contribution in [1.82, 2.24) is 9.62 Å². The van der Waals surface area contributed by atoms with Crippen molar-refractivity contribution in [1.29, 1.82) is 0 Å². The van der Waals surface area contributed by atoms with Crippen LogP contribution in [0.2, 0.25) is 0 Å². The molecule has 0 aliphatic carbocycles. The molecule has 6 heteroatoms. The molecule has 1 aliphatic heterocycles. The number of hydrogen-bond acceptors (Lipinski definition) is 3. The molecular weight excluding hydrogens is 336 g/mol. The average Bonchev–Trinajstić information content (AvgIpc) is 2.61.